The quantitative estimate of drug-likeness (QED) is 0.0636. The third kappa shape index (κ3) is 74.1. The highest BCUT2D eigenvalue weighted by Crippen LogP contribution is 1.95. The first-order valence-corrected chi connectivity index (χ1v) is 29.1. The molecule has 0 saturated heterocycles. The molecule has 496 valence electrons. The number of nitrogens with one attached hydrogen (secondary N) is 1. The summed E-state index contributed by atoms with van der Waals surface area (Å²) in [6, 6.07) is -0.850. The van der Waals surface area contributed by atoms with Crippen LogP contribution < -0.4 is 11.1 Å². The first kappa shape index (κ1) is 80.9. The van der Waals surface area contributed by atoms with Crippen molar-refractivity contribution in [3.05, 3.63) is 0 Å². The normalized spacial score (nSPS) is 12.0. The standard InChI is InChI=1S/C54H108N2O27/c1-60-6-7-62-10-11-64-14-15-66-18-19-68-22-23-70-26-27-72-30-31-74-34-35-76-38-39-78-42-43-80-46-47-82-50-51-83-49-48-81-45-44-79-41-40-77-37-36-75-33-32-73-29-28-71-25-24-69-21-20-67-17-16-65-13-12-63-9-8-61-5-4-56-54(59)52(55)2-3-53(57)58/h52H,2-51,55H2,1H3,(H,56,59)(H,57,58). The van der Waals surface area contributed by atoms with Crippen molar-refractivity contribution in [1.29, 1.82) is 0 Å². The summed E-state index contributed by atoms with van der Waals surface area (Å²) in [7, 11) is 1.64. The predicted molar refractivity (Wildman–Crippen MR) is 299 cm³/mol. The molecule has 0 aliphatic rings. The van der Waals surface area contributed by atoms with Gasteiger partial charge in [0.15, 0.2) is 0 Å². The highest BCUT2D eigenvalue weighted by atomic mass is 16.6. The van der Waals surface area contributed by atoms with Crippen LogP contribution in [0.1, 0.15) is 12.8 Å². The molecule has 83 heavy (non-hydrogen) atoms. The number of carbonyl (C=O) groups excluding carboxylic acids is 1. The van der Waals surface area contributed by atoms with Crippen molar-refractivity contribution in [2.75, 3.05) is 324 Å². The van der Waals surface area contributed by atoms with Crippen LogP contribution in [0.3, 0.4) is 0 Å². The third-order valence-corrected chi connectivity index (χ3v) is 10.2. The van der Waals surface area contributed by atoms with E-state index in [4.69, 9.17) is 125 Å². The molecule has 0 aromatic carbocycles. The molecular formula is C54H108N2O27. The average molecular weight is 1220 g/mol. The fraction of sp³-hybridized carbons (Fsp3) is 0.963. The number of carboxylic acid groups (broad SMARTS) is 1. The van der Waals surface area contributed by atoms with Crippen LogP contribution in [0.2, 0.25) is 0 Å². The van der Waals surface area contributed by atoms with E-state index in [2.05, 4.69) is 5.32 Å². The lowest BCUT2D eigenvalue weighted by atomic mass is 10.1. The zero-order chi connectivity index (χ0) is 59.8. The van der Waals surface area contributed by atoms with Gasteiger partial charge in [-0.25, -0.2) is 0 Å². The van der Waals surface area contributed by atoms with Gasteiger partial charge in [0.1, 0.15) is 0 Å². The molecule has 4 N–H and O–H groups in total. The average Bonchev–Trinajstić information content (AvgIpc) is 3.48. The maximum atomic E-state index is 11.7. The smallest absolute Gasteiger partial charge is 0.303 e. The summed E-state index contributed by atoms with van der Waals surface area (Å²) in [6.07, 6.45) is -0.0677. The predicted octanol–water partition coefficient (Wildman–Crippen LogP) is -0.677. The van der Waals surface area contributed by atoms with Crippen LogP contribution in [-0.2, 0) is 123 Å². The Morgan fingerprint density at radius 1 is 0.277 bits per heavy atom. The largest absolute Gasteiger partial charge is 0.481 e. The Balaban J connectivity index is 3.11. The van der Waals surface area contributed by atoms with Gasteiger partial charge in [0, 0.05) is 20.1 Å². The third-order valence-electron chi connectivity index (χ3n) is 10.2. The second-order valence-corrected chi connectivity index (χ2v) is 16.9. The number of ether oxygens (including phenoxy) is 24. The lowest BCUT2D eigenvalue weighted by Crippen LogP contribution is -2.42. The number of aliphatic carboxylic acids is 1. The summed E-state index contributed by atoms with van der Waals surface area (Å²) < 4.78 is 131. The van der Waals surface area contributed by atoms with Gasteiger partial charge < -0.3 is 130 Å². The van der Waals surface area contributed by atoms with Gasteiger partial charge in [-0.1, -0.05) is 0 Å². The van der Waals surface area contributed by atoms with Gasteiger partial charge in [-0.3, -0.25) is 9.59 Å². The minimum atomic E-state index is -0.990. The van der Waals surface area contributed by atoms with E-state index in [0.29, 0.717) is 311 Å². The Bertz CT molecular complexity index is 1250. The van der Waals surface area contributed by atoms with Crippen LogP contribution in [0.25, 0.3) is 0 Å². The monoisotopic (exact) mass is 1220 g/mol. The fourth-order valence-electron chi connectivity index (χ4n) is 5.87. The maximum absolute atomic E-state index is 11.7. The van der Waals surface area contributed by atoms with Gasteiger partial charge >= 0.3 is 5.97 Å². The summed E-state index contributed by atoms with van der Waals surface area (Å²) in [4.78, 5) is 22.3. The van der Waals surface area contributed by atoms with Gasteiger partial charge in [0.05, 0.1) is 317 Å². The molecule has 0 aromatic heterocycles. The Morgan fingerprint density at radius 2 is 0.422 bits per heavy atom. The zero-order valence-corrected chi connectivity index (χ0v) is 50.1. The fourth-order valence-corrected chi connectivity index (χ4v) is 5.87. The molecule has 29 nitrogen and oxygen atoms in total. The van der Waals surface area contributed by atoms with Crippen LogP contribution in [0.15, 0.2) is 0 Å². The number of carbonyl (C=O) groups is 2. The number of hydrogen-bond acceptors (Lipinski definition) is 27. The van der Waals surface area contributed by atoms with Crippen LogP contribution in [0, 0.1) is 0 Å². The Morgan fingerprint density at radius 3 is 0.566 bits per heavy atom. The van der Waals surface area contributed by atoms with Gasteiger partial charge in [-0.15, -0.1) is 0 Å². The lowest BCUT2D eigenvalue weighted by Gasteiger charge is -2.11. The van der Waals surface area contributed by atoms with Crippen molar-refractivity contribution in [2.24, 2.45) is 5.73 Å². The van der Waals surface area contributed by atoms with Gasteiger partial charge in [0.25, 0.3) is 0 Å². The highest BCUT2D eigenvalue weighted by molar-refractivity contribution is 5.82. The van der Waals surface area contributed by atoms with Crippen molar-refractivity contribution in [3.8, 4) is 0 Å². The number of rotatable bonds is 76. The van der Waals surface area contributed by atoms with E-state index >= 15 is 0 Å². The molecule has 1 amide bonds. The molecule has 29 heteroatoms. The number of carboxylic acids is 1. The van der Waals surface area contributed by atoms with Gasteiger partial charge in [-0.2, -0.15) is 0 Å². The minimum absolute atomic E-state index is 0.0857. The van der Waals surface area contributed by atoms with E-state index in [1.54, 1.807) is 7.11 Å². The topological polar surface area (TPSA) is 314 Å². The Hall–Kier alpha value is -2.06. The molecule has 0 fully saturated rings. The summed E-state index contributed by atoms with van der Waals surface area (Å²) in [5.41, 5.74) is 5.63. The second kappa shape index (κ2) is 74.2. The summed E-state index contributed by atoms with van der Waals surface area (Å²) in [6.45, 7) is 22.7. The number of nitrogens with two attached hydrogens (primary N) is 1. The molecule has 0 aliphatic carbocycles. The van der Waals surface area contributed by atoms with E-state index in [1.807, 2.05) is 0 Å². The van der Waals surface area contributed by atoms with Crippen LogP contribution in [0.5, 0.6) is 0 Å². The van der Waals surface area contributed by atoms with Gasteiger partial charge in [-0.05, 0) is 6.42 Å². The van der Waals surface area contributed by atoms with E-state index in [-0.39, 0.29) is 19.4 Å². The van der Waals surface area contributed by atoms with Crippen LogP contribution in [0.4, 0.5) is 0 Å². The van der Waals surface area contributed by atoms with E-state index in [9.17, 15) is 9.59 Å². The molecule has 1 unspecified atom stereocenters. The molecule has 0 bridgehead atoms. The van der Waals surface area contributed by atoms with E-state index in [0.717, 1.165) is 0 Å². The number of hydrogen-bond donors (Lipinski definition) is 3. The molecule has 0 saturated carbocycles. The van der Waals surface area contributed by atoms with Crippen molar-refractivity contribution in [2.45, 2.75) is 18.9 Å². The van der Waals surface area contributed by atoms with Crippen molar-refractivity contribution in [3.63, 3.8) is 0 Å². The van der Waals surface area contributed by atoms with Crippen molar-refractivity contribution >= 4 is 11.9 Å². The molecule has 0 heterocycles. The molecule has 0 aromatic rings. The molecule has 0 radical (unpaired) electrons. The molecule has 1 atom stereocenters. The Labute approximate surface area is 493 Å². The highest BCUT2D eigenvalue weighted by Gasteiger charge is 2.14. The van der Waals surface area contributed by atoms with Crippen LogP contribution >= 0.6 is 0 Å². The molecule has 0 rings (SSSR count). The van der Waals surface area contributed by atoms with Gasteiger partial charge in [0.2, 0.25) is 5.91 Å². The maximum Gasteiger partial charge on any atom is 0.303 e. The number of amides is 1. The Kier molecular flexibility index (Phi) is 72.4. The van der Waals surface area contributed by atoms with E-state index < -0.39 is 17.9 Å². The summed E-state index contributed by atoms with van der Waals surface area (Å²) >= 11 is 0. The molecule has 0 aliphatic heterocycles. The van der Waals surface area contributed by atoms with E-state index in [1.165, 1.54) is 0 Å². The first-order chi connectivity index (χ1) is 41.1. The second-order valence-electron chi connectivity index (χ2n) is 16.9. The molecular weight excluding hydrogens is 1110 g/mol. The number of methoxy groups -OCH3 is 1. The summed E-state index contributed by atoms with van der Waals surface area (Å²) in [5.74, 6) is -1.39. The summed E-state index contributed by atoms with van der Waals surface area (Å²) in [5, 5.41) is 11.2. The lowest BCUT2D eigenvalue weighted by molar-refractivity contribution is -0.137. The first-order valence-electron chi connectivity index (χ1n) is 29.1. The van der Waals surface area contributed by atoms with Crippen molar-refractivity contribution in [1.82, 2.24) is 5.32 Å². The minimum Gasteiger partial charge on any atom is -0.481 e. The SMILES string of the molecule is COCCOCCOCCOCCOCCOCCOCCOCCOCCOCCOCCOCCOCCOCCOCCOCCOCCOCCOCCOCCOCCOCCOCCOCCNC(=O)C(N)CCC(=O)O. The molecule has 0 spiro atoms. The van der Waals surface area contributed by atoms with Crippen LogP contribution in [-0.4, -0.2) is 347 Å². The zero-order valence-electron chi connectivity index (χ0n) is 50.1. The van der Waals surface area contributed by atoms with Crippen molar-refractivity contribution < 1.29 is 128 Å².